The first kappa shape index (κ1) is 14.6. The van der Waals surface area contributed by atoms with E-state index in [0.29, 0.717) is 23.0 Å². The molecule has 1 fully saturated rings. The third-order valence-corrected chi connectivity index (χ3v) is 4.20. The van der Waals surface area contributed by atoms with Gasteiger partial charge in [0.2, 0.25) is 5.91 Å². The molecular formula is C16H20N4O2. The Morgan fingerprint density at radius 2 is 2.00 bits per heavy atom. The Labute approximate surface area is 128 Å². The molecule has 2 N–H and O–H groups in total. The van der Waals surface area contributed by atoms with Crippen LogP contribution in [0.15, 0.2) is 18.5 Å². The molecule has 0 unspecified atom stereocenters. The molecule has 3 heterocycles. The van der Waals surface area contributed by atoms with Crippen molar-refractivity contribution in [2.75, 3.05) is 13.1 Å². The predicted octanol–water partition coefficient (Wildman–Crippen LogP) is 1.23. The Kier molecular flexibility index (Phi) is 3.83. The summed E-state index contributed by atoms with van der Waals surface area (Å²) in [4.78, 5) is 30.1. The second-order valence-corrected chi connectivity index (χ2v) is 5.85. The van der Waals surface area contributed by atoms with E-state index in [2.05, 4.69) is 4.98 Å². The molecular weight excluding hydrogens is 280 g/mol. The minimum absolute atomic E-state index is 0.123. The molecule has 0 radical (unpaired) electrons. The molecule has 3 rings (SSSR count). The van der Waals surface area contributed by atoms with E-state index in [1.54, 1.807) is 17.0 Å². The van der Waals surface area contributed by atoms with Crippen LogP contribution >= 0.6 is 0 Å². The first-order valence-electron chi connectivity index (χ1n) is 7.58. The van der Waals surface area contributed by atoms with Gasteiger partial charge in [-0.05, 0) is 30.9 Å². The van der Waals surface area contributed by atoms with E-state index in [9.17, 15) is 9.59 Å². The van der Waals surface area contributed by atoms with Crippen LogP contribution in [0.1, 0.15) is 35.2 Å². The molecule has 0 spiro atoms. The Bertz CT molecular complexity index is 729. The second-order valence-electron chi connectivity index (χ2n) is 5.85. The summed E-state index contributed by atoms with van der Waals surface area (Å²) in [7, 11) is 1.82. The number of hydrogen-bond donors (Lipinski definition) is 1. The highest BCUT2D eigenvalue weighted by Crippen LogP contribution is 2.20. The van der Waals surface area contributed by atoms with Gasteiger partial charge in [0.05, 0.1) is 12.0 Å². The van der Waals surface area contributed by atoms with Gasteiger partial charge in [-0.2, -0.15) is 0 Å². The molecule has 22 heavy (non-hydrogen) atoms. The lowest BCUT2D eigenvalue weighted by molar-refractivity contribution is -0.131. The van der Waals surface area contributed by atoms with Gasteiger partial charge in [0.1, 0.15) is 5.65 Å². The third kappa shape index (κ3) is 2.68. The number of likely N-dealkylation sites (tertiary alicyclic amines) is 1. The fourth-order valence-corrected chi connectivity index (χ4v) is 3.03. The second kappa shape index (κ2) is 5.79. The average molecular weight is 300 g/mol. The van der Waals surface area contributed by atoms with Gasteiger partial charge in [-0.1, -0.05) is 0 Å². The average Bonchev–Trinajstić information content (AvgIpc) is 2.85. The number of carbonyl (C=O) groups is 2. The van der Waals surface area contributed by atoms with Crippen LogP contribution in [0.2, 0.25) is 0 Å². The highest BCUT2D eigenvalue weighted by Gasteiger charge is 2.18. The molecule has 6 nitrogen and oxygen atoms in total. The molecule has 2 aromatic heterocycles. The van der Waals surface area contributed by atoms with E-state index in [1.807, 2.05) is 18.0 Å². The summed E-state index contributed by atoms with van der Waals surface area (Å²) in [5.74, 6) is -0.357. The molecule has 0 atom stereocenters. The van der Waals surface area contributed by atoms with Crippen LogP contribution in [0, 0.1) is 0 Å². The Morgan fingerprint density at radius 1 is 1.27 bits per heavy atom. The first-order chi connectivity index (χ1) is 10.6. The molecule has 0 bridgehead atoms. The van der Waals surface area contributed by atoms with Crippen LogP contribution in [0.5, 0.6) is 0 Å². The normalized spacial score (nSPS) is 15.2. The van der Waals surface area contributed by atoms with Gasteiger partial charge in [-0.25, -0.2) is 4.98 Å². The van der Waals surface area contributed by atoms with Crippen molar-refractivity contribution in [3.63, 3.8) is 0 Å². The van der Waals surface area contributed by atoms with Crippen molar-refractivity contribution in [2.45, 2.75) is 25.7 Å². The number of carbonyl (C=O) groups excluding carboxylic acids is 2. The first-order valence-corrected chi connectivity index (χ1v) is 7.58. The minimum Gasteiger partial charge on any atom is -0.366 e. The maximum Gasteiger partial charge on any atom is 0.250 e. The van der Waals surface area contributed by atoms with Crippen LogP contribution in [-0.4, -0.2) is 39.4 Å². The topological polar surface area (TPSA) is 81.2 Å². The van der Waals surface area contributed by atoms with Crippen molar-refractivity contribution in [3.8, 4) is 0 Å². The number of hydrogen-bond acceptors (Lipinski definition) is 3. The van der Waals surface area contributed by atoms with Gasteiger partial charge >= 0.3 is 0 Å². The Hall–Kier alpha value is -2.37. The number of aromatic nitrogens is 2. The molecule has 116 valence electrons. The van der Waals surface area contributed by atoms with E-state index < -0.39 is 5.91 Å². The van der Waals surface area contributed by atoms with Crippen molar-refractivity contribution in [3.05, 3.63) is 29.6 Å². The summed E-state index contributed by atoms with van der Waals surface area (Å²) in [6, 6.07) is 1.85. The molecule has 0 aromatic carbocycles. The van der Waals surface area contributed by atoms with E-state index in [-0.39, 0.29) is 5.91 Å². The molecule has 0 aliphatic carbocycles. The van der Waals surface area contributed by atoms with Gasteiger partial charge in [-0.15, -0.1) is 0 Å². The fraction of sp³-hybridized carbons (Fsp3) is 0.438. The zero-order valence-corrected chi connectivity index (χ0v) is 12.7. The number of fused-ring (bicyclic) bond motifs is 1. The van der Waals surface area contributed by atoms with E-state index in [1.165, 1.54) is 6.42 Å². The van der Waals surface area contributed by atoms with Crippen molar-refractivity contribution in [1.29, 1.82) is 0 Å². The highest BCUT2D eigenvalue weighted by molar-refractivity contribution is 6.05. The van der Waals surface area contributed by atoms with Gasteiger partial charge in [0, 0.05) is 37.9 Å². The Morgan fingerprint density at radius 3 is 2.68 bits per heavy atom. The number of rotatable bonds is 3. The molecule has 1 saturated heterocycles. The largest absolute Gasteiger partial charge is 0.366 e. The standard InChI is InChI=1S/C16H20N4O2/c1-19-10-13(15(17)22)12-7-11(9-18-16(12)19)8-14(21)20-5-3-2-4-6-20/h7,9-10H,2-6,8H2,1H3,(H2,17,22). The summed E-state index contributed by atoms with van der Waals surface area (Å²) in [6.07, 6.45) is 7.05. The van der Waals surface area contributed by atoms with Crippen molar-refractivity contribution in [2.24, 2.45) is 12.8 Å². The van der Waals surface area contributed by atoms with Gasteiger partial charge in [0.15, 0.2) is 0 Å². The molecule has 0 saturated carbocycles. The Balaban J connectivity index is 1.86. The number of piperidine rings is 1. The lowest BCUT2D eigenvalue weighted by Crippen LogP contribution is -2.36. The fourth-order valence-electron chi connectivity index (χ4n) is 3.03. The van der Waals surface area contributed by atoms with Gasteiger partial charge in [0.25, 0.3) is 5.91 Å². The van der Waals surface area contributed by atoms with Crippen molar-refractivity contribution in [1.82, 2.24) is 14.5 Å². The van der Waals surface area contributed by atoms with Crippen LogP contribution < -0.4 is 5.73 Å². The van der Waals surface area contributed by atoms with E-state index >= 15 is 0 Å². The van der Waals surface area contributed by atoms with Crippen molar-refractivity contribution < 1.29 is 9.59 Å². The molecule has 1 aliphatic heterocycles. The minimum atomic E-state index is -0.480. The predicted molar refractivity (Wildman–Crippen MR) is 83.4 cm³/mol. The number of aryl methyl sites for hydroxylation is 1. The number of primary amides is 1. The summed E-state index contributed by atoms with van der Waals surface area (Å²) in [5.41, 5.74) is 7.36. The van der Waals surface area contributed by atoms with Crippen LogP contribution in [0.4, 0.5) is 0 Å². The summed E-state index contributed by atoms with van der Waals surface area (Å²) < 4.78 is 1.77. The zero-order chi connectivity index (χ0) is 15.7. The zero-order valence-electron chi connectivity index (χ0n) is 12.7. The number of nitrogens with two attached hydrogens (primary N) is 1. The summed E-state index contributed by atoms with van der Waals surface area (Å²) in [5, 5.41) is 0.707. The lowest BCUT2D eigenvalue weighted by atomic mass is 10.1. The molecule has 2 aromatic rings. The van der Waals surface area contributed by atoms with Crippen LogP contribution in [0.3, 0.4) is 0 Å². The SMILES string of the molecule is Cn1cc(C(N)=O)c2cc(CC(=O)N3CCCCC3)cnc21. The number of amides is 2. The molecule has 6 heteroatoms. The number of nitrogens with zero attached hydrogens (tertiary/aromatic N) is 3. The molecule has 1 aliphatic rings. The van der Waals surface area contributed by atoms with Crippen LogP contribution in [0.25, 0.3) is 11.0 Å². The monoisotopic (exact) mass is 300 g/mol. The van der Waals surface area contributed by atoms with Crippen LogP contribution in [-0.2, 0) is 18.3 Å². The maximum atomic E-state index is 12.3. The maximum absolute atomic E-state index is 12.3. The molecule has 2 amide bonds. The van der Waals surface area contributed by atoms with E-state index in [0.717, 1.165) is 31.5 Å². The van der Waals surface area contributed by atoms with Crippen molar-refractivity contribution >= 4 is 22.8 Å². The summed E-state index contributed by atoms with van der Waals surface area (Å²) >= 11 is 0. The third-order valence-electron chi connectivity index (χ3n) is 4.20. The smallest absolute Gasteiger partial charge is 0.250 e. The lowest BCUT2D eigenvalue weighted by Gasteiger charge is -2.26. The summed E-state index contributed by atoms with van der Waals surface area (Å²) in [6.45, 7) is 1.68. The van der Waals surface area contributed by atoms with Gasteiger partial charge in [-0.3, -0.25) is 9.59 Å². The quantitative estimate of drug-likeness (QED) is 0.925. The highest BCUT2D eigenvalue weighted by atomic mass is 16.2. The van der Waals surface area contributed by atoms with Gasteiger partial charge < -0.3 is 15.2 Å². The van der Waals surface area contributed by atoms with E-state index in [4.69, 9.17) is 5.73 Å². The number of pyridine rings is 1.